The van der Waals surface area contributed by atoms with Crippen LogP contribution in [0, 0.1) is 5.92 Å². The Labute approximate surface area is 178 Å². The number of nitrogens with one attached hydrogen (secondary N) is 1. The number of allylic oxidation sites excluding steroid dienone is 2. The Balaban J connectivity index is 1.77. The minimum absolute atomic E-state index is 0.0293. The molecule has 0 saturated carbocycles. The lowest BCUT2D eigenvalue weighted by molar-refractivity contribution is 0.350. The molecule has 154 valence electrons. The standard InChI is InChI=1S/C27H29NO2/c1-16-15-27(2,3)28-22-12-11-20-25-18(8-6-10-23(25)30-4)14-21(26(20)24(16)22)17-7-5-9-19(29)13-17/h5-13,15,21-22,24,28-29H,14H2,1-4H3. The Kier molecular flexibility index (Phi) is 4.41. The maximum atomic E-state index is 10.2. The van der Waals surface area contributed by atoms with Crippen molar-refractivity contribution in [2.24, 2.45) is 5.92 Å². The molecule has 0 radical (unpaired) electrons. The molecular weight excluding hydrogens is 370 g/mol. The SMILES string of the molecule is COc1cccc2c1C1=C(C(c3cccc(O)c3)C2)C2C(C)=CC(C)(C)NC2C=C1. The zero-order chi connectivity index (χ0) is 21.0. The molecule has 0 spiro atoms. The predicted molar refractivity (Wildman–Crippen MR) is 122 cm³/mol. The number of hydrogen-bond acceptors (Lipinski definition) is 3. The number of phenols is 1. The molecule has 2 aromatic carbocycles. The topological polar surface area (TPSA) is 41.5 Å². The van der Waals surface area contributed by atoms with Gasteiger partial charge >= 0.3 is 0 Å². The van der Waals surface area contributed by atoms with Crippen LogP contribution in [0.1, 0.15) is 43.4 Å². The van der Waals surface area contributed by atoms with Crippen molar-refractivity contribution in [1.29, 1.82) is 0 Å². The van der Waals surface area contributed by atoms with Crippen LogP contribution in [-0.4, -0.2) is 23.8 Å². The Morgan fingerprint density at radius 3 is 2.70 bits per heavy atom. The summed E-state index contributed by atoms with van der Waals surface area (Å²) in [6.07, 6.45) is 7.88. The van der Waals surface area contributed by atoms with E-state index in [4.69, 9.17) is 4.74 Å². The summed E-state index contributed by atoms with van der Waals surface area (Å²) in [6.45, 7) is 6.73. The second-order valence-corrected chi connectivity index (χ2v) is 9.33. The second-order valence-electron chi connectivity index (χ2n) is 9.33. The van der Waals surface area contributed by atoms with Crippen LogP contribution >= 0.6 is 0 Å². The highest BCUT2D eigenvalue weighted by atomic mass is 16.5. The second kappa shape index (κ2) is 6.88. The predicted octanol–water partition coefficient (Wildman–Crippen LogP) is 5.38. The molecule has 0 bridgehead atoms. The first kappa shape index (κ1) is 19.2. The number of ether oxygens (including phenoxy) is 1. The zero-order valence-corrected chi connectivity index (χ0v) is 18.1. The van der Waals surface area contributed by atoms with E-state index in [9.17, 15) is 5.11 Å². The Hall–Kier alpha value is -2.78. The Morgan fingerprint density at radius 2 is 1.93 bits per heavy atom. The van der Waals surface area contributed by atoms with Gasteiger partial charge in [0, 0.05) is 29.0 Å². The number of methoxy groups -OCH3 is 1. The summed E-state index contributed by atoms with van der Waals surface area (Å²) in [6, 6.07) is 14.4. The van der Waals surface area contributed by atoms with Crippen molar-refractivity contribution in [2.45, 2.75) is 44.7 Å². The average Bonchev–Trinajstić information content (AvgIpc) is 2.71. The molecular formula is C27H29NO2. The highest BCUT2D eigenvalue weighted by Gasteiger charge is 2.42. The quantitative estimate of drug-likeness (QED) is 0.667. The summed E-state index contributed by atoms with van der Waals surface area (Å²) in [5.74, 6) is 1.77. The third-order valence-electron chi connectivity index (χ3n) is 6.77. The third-order valence-corrected chi connectivity index (χ3v) is 6.77. The normalized spacial score (nSPS) is 26.4. The molecule has 3 nitrogen and oxygen atoms in total. The first-order chi connectivity index (χ1) is 14.4. The van der Waals surface area contributed by atoms with Gasteiger partial charge in [-0.2, -0.15) is 0 Å². The summed E-state index contributed by atoms with van der Waals surface area (Å²) in [5, 5.41) is 14.0. The molecule has 2 aromatic rings. The van der Waals surface area contributed by atoms with Crippen LogP contribution in [0.4, 0.5) is 0 Å². The molecule has 5 rings (SSSR count). The van der Waals surface area contributed by atoms with Gasteiger partial charge in [0.1, 0.15) is 11.5 Å². The fraction of sp³-hybridized carbons (Fsp3) is 0.333. The van der Waals surface area contributed by atoms with E-state index < -0.39 is 0 Å². The molecule has 0 amide bonds. The van der Waals surface area contributed by atoms with Crippen molar-refractivity contribution in [1.82, 2.24) is 5.32 Å². The molecule has 2 aliphatic carbocycles. The summed E-state index contributed by atoms with van der Waals surface area (Å²) in [5.41, 5.74) is 7.78. The highest BCUT2D eigenvalue weighted by molar-refractivity contribution is 5.87. The molecule has 3 heteroatoms. The van der Waals surface area contributed by atoms with Gasteiger partial charge in [0.05, 0.1) is 7.11 Å². The van der Waals surface area contributed by atoms with Crippen LogP contribution in [0.2, 0.25) is 0 Å². The van der Waals surface area contributed by atoms with Gasteiger partial charge in [-0.15, -0.1) is 0 Å². The van der Waals surface area contributed by atoms with Gasteiger partial charge in [-0.3, -0.25) is 0 Å². The molecule has 30 heavy (non-hydrogen) atoms. The summed E-state index contributed by atoms with van der Waals surface area (Å²) >= 11 is 0. The van der Waals surface area contributed by atoms with Gasteiger partial charge in [0.15, 0.2) is 0 Å². The molecule has 1 heterocycles. The fourth-order valence-electron chi connectivity index (χ4n) is 5.78. The van der Waals surface area contributed by atoms with E-state index in [0.717, 1.165) is 12.2 Å². The monoisotopic (exact) mass is 399 g/mol. The van der Waals surface area contributed by atoms with E-state index in [1.807, 2.05) is 12.1 Å². The van der Waals surface area contributed by atoms with E-state index in [1.165, 1.54) is 33.4 Å². The number of benzene rings is 2. The van der Waals surface area contributed by atoms with Crippen LogP contribution in [0.3, 0.4) is 0 Å². The number of fused-ring (bicyclic) bond motifs is 4. The van der Waals surface area contributed by atoms with E-state index in [2.05, 4.69) is 68.6 Å². The summed E-state index contributed by atoms with van der Waals surface area (Å²) in [7, 11) is 1.75. The maximum Gasteiger partial charge on any atom is 0.126 e. The fourth-order valence-corrected chi connectivity index (χ4v) is 5.78. The van der Waals surface area contributed by atoms with Crippen LogP contribution in [-0.2, 0) is 6.42 Å². The summed E-state index contributed by atoms with van der Waals surface area (Å²) < 4.78 is 5.78. The van der Waals surface area contributed by atoms with Gasteiger partial charge in [0.2, 0.25) is 0 Å². The molecule has 3 unspecified atom stereocenters. The molecule has 1 aliphatic heterocycles. The van der Waals surface area contributed by atoms with Crippen molar-refractivity contribution in [3.05, 3.63) is 88.5 Å². The van der Waals surface area contributed by atoms with Gasteiger partial charge < -0.3 is 15.2 Å². The molecule has 3 atom stereocenters. The van der Waals surface area contributed by atoms with E-state index in [1.54, 1.807) is 13.2 Å². The van der Waals surface area contributed by atoms with Gasteiger partial charge in [-0.1, -0.05) is 48.1 Å². The van der Waals surface area contributed by atoms with Crippen molar-refractivity contribution >= 4 is 5.57 Å². The first-order valence-corrected chi connectivity index (χ1v) is 10.7. The van der Waals surface area contributed by atoms with Gasteiger partial charge in [-0.05, 0) is 67.7 Å². The van der Waals surface area contributed by atoms with Crippen LogP contribution < -0.4 is 10.1 Å². The Morgan fingerprint density at radius 1 is 1.13 bits per heavy atom. The van der Waals surface area contributed by atoms with Gasteiger partial charge in [-0.25, -0.2) is 0 Å². The van der Waals surface area contributed by atoms with Gasteiger partial charge in [0.25, 0.3) is 0 Å². The smallest absolute Gasteiger partial charge is 0.126 e. The van der Waals surface area contributed by atoms with E-state index in [-0.39, 0.29) is 17.5 Å². The number of rotatable bonds is 2. The lowest BCUT2D eigenvalue weighted by Gasteiger charge is -2.46. The van der Waals surface area contributed by atoms with E-state index in [0.29, 0.717) is 11.7 Å². The zero-order valence-electron chi connectivity index (χ0n) is 18.1. The van der Waals surface area contributed by atoms with Crippen LogP contribution in [0.25, 0.3) is 5.57 Å². The third kappa shape index (κ3) is 3.00. The van der Waals surface area contributed by atoms with Crippen molar-refractivity contribution < 1.29 is 9.84 Å². The molecule has 0 fully saturated rings. The first-order valence-electron chi connectivity index (χ1n) is 10.7. The lowest BCUT2D eigenvalue weighted by Crippen LogP contribution is -2.53. The summed E-state index contributed by atoms with van der Waals surface area (Å²) in [4.78, 5) is 0. The number of hydrogen-bond donors (Lipinski definition) is 2. The van der Waals surface area contributed by atoms with Crippen molar-refractivity contribution in [2.75, 3.05) is 7.11 Å². The van der Waals surface area contributed by atoms with E-state index >= 15 is 0 Å². The largest absolute Gasteiger partial charge is 0.508 e. The lowest BCUT2D eigenvalue weighted by atomic mass is 9.64. The maximum absolute atomic E-state index is 10.2. The van der Waals surface area contributed by atoms with Crippen molar-refractivity contribution in [3.8, 4) is 11.5 Å². The molecule has 0 saturated heterocycles. The molecule has 0 aromatic heterocycles. The van der Waals surface area contributed by atoms with Crippen LogP contribution in [0.5, 0.6) is 11.5 Å². The Bertz CT molecular complexity index is 1110. The minimum atomic E-state index is -0.0293. The minimum Gasteiger partial charge on any atom is -0.508 e. The number of phenolic OH excluding ortho intramolecular Hbond substituents is 1. The van der Waals surface area contributed by atoms with Crippen molar-refractivity contribution in [3.63, 3.8) is 0 Å². The molecule has 2 N–H and O–H groups in total. The van der Waals surface area contributed by atoms with Crippen LogP contribution in [0.15, 0.2) is 71.8 Å². The highest BCUT2D eigenvalue weighted by Crippen LogP contribution is 2.52. The molecule has 3 aliphatic rings. The average molecular weight is 400 g/mol. The number of aromatic hydroxyl groups is 1.